The van der Waals surface area contributed by atoms with Crippen LogP contribution in [0.3, 0.4) is 0 Å². The summed E-state index contributed by atoms with van der Waals surface area (Å²) < 4.78 is 17.0. The molecule has 0 aliphatic carbocycles. The number of carboxylic acid groups (broad SMARTS) is 1. The van der Waals surface area contributed by atoms with Crippen molar-refractivity contribution < 1.29 is 29.0 Å². The van der Waals surface area contributed by atoms with E-state index >= 15 is 0 Å². The second-order valence-corrected chi connectivity index (χ2v) is 9.15. The predicted octanol–water partition coefficient (Wildman–Crippen LogP) is 5.31. The molecule has 3 N–H and O–H groups in total. The Morgan fingerprint density at radius 1 is 1.08 bits per heavy atom. The van der Waals surface area contributed by atoms with Crippen molar-refractivity contribution in [2.24, 2.45) is 0 Å². The van der Waals surface area contributed by atoms with Gasteiger partial charge in [0.25, 0.3) is 11.7 Å². The highest BCUT2D eigenvalue weighted by molar-refractivity contribution is 5.86. The quantitative estimate of drug-likeness (QED) is 0.215. The minimum Gasteiger partial charge on any atom is -0.497 e. The molecule has 0 radical (unpaired) electrons. The number of aryl methyl sites for hydroxylation is 1. The monoisotopic (exact) mass is 533 g/mol. The SMILES string of the molecule is CC(=O)O.COc1ccc2[nH]c3c(c2c1)CCNC3c1ccc(OC)c(COc2ccc([N+](=O)[O-])c(C)c2)c1. The molecule has 39 heavy (non-hydrogen) atoms. The smallest absolute Gasteiger partial charge is 0.300 e. The lowest BCUT2D eigenvalue weighted by molar-refractivity contribution is -0.385. The van der Waals surface area contributed by atoms with Crippen molar-refractivity contribution in [3.8, 4) is 17.2 Å². The normalized spacial score (nSPS) is 14.1. The molecule has 0 spiro atoms. The van der Waals surface area contributed by atoms with Gasteiger partial charge in [-0.25, -0.2) is 0 Å². The Kier molecular flexibility index (Phi) is 8.36. The highest BCUT2D eigenvalue weighted by Gasteiger charge is 2.26. The molecule has 1 aliphatic heterocycles. The summed E-state index contributed by atoms with van der Waals surface area (Å²) in [6, 6.07) is 17.0. The molecule has 0 saturated carbocycles. The lowest BCUT2D eigenvalue weighted by Crippen LogP contribution is -2.30. The van der Waals surface area contributed by atoms with Crippen molar-refractivity contribution in [2.75, 3.05) is 20.8 Å². The minimum atomic E-state index is -0.833. The number of nitro benzene ring substituents is 1. The maximum Gasteiger partial charge on any atom is 0.300 e. The molecule has 0 bridgehead atoms. The van der Waals surface area contributed by atoms with E-state index < -0.39 is 10.9 Å². The zero-order chi connectivity index (χ0) is 28.1. The maximum atomic E-state index is 11.1. The van der Waals surface area contributed by atoms with Crippen LogP contribution in [0.1, 0.15) is 40.9 Å². The summed E-state index contributed by atoms with van der Waals surface area (Å²) in [6.07, 6.45) is 0.935. The summed E-state index contributed by atoms with van der Waals surface area (Å²) in [5.41, 5.74) is 6.18. The largest absolute Gasteiger partial charge is 0.497 e. The van der Waals surface area contributed by atoms with Crippen molar-refractivity contribution in [3.05, 3.63) is 92.7 Å². The van der Waals surface area contributed by atoms with Gasteiger partial charge in [0.05, 0.1) is 25.2 Å². The molecule has 0 fully saturated rings. The molecular weight excluding hydrogens is 502 g/mol. The van der Waals surface area contributed by atoms with Gasteiger partial charge in [0, 0.05) is 47.3 Å². The molecule has 4 aromatic rings. The van der Waals surface area contributed by atoms with Crippen LogP contribution in [0.5, 0.6) is 17.2 Å². The molecule has 1 aliphatic rings. The number of benzene rings is 3. The van der Waals surface area contributed by atoms with E-state index in [-0.39, 0.29) is 18.3 Å². The van der Waals surface area contributed by atoms with Crippen molar-refractivity contribution in [1.82, 2.24) is 10.3 Å². The van der Waals surface area contributed by atoms with E-state index in [1.807, 2.05) is 12.1 Å². The van der Waals surface area contributed by atoms with Crippen LogP contribution in [0.25, 0.3) is 10.9 Å². The van der Waals surface area contributed by atoms with Crippen molar-refractivity contribution in [1.29, 1.82) is 0 Å². The van der Waals surface area contributed by atoms with Crippen LogP contribution in [0.4, 0.5) is 5.69 Å². The fourth-order valence-electron chi connectivity index (χ4n) is 4.79. The van der Waals surface area contributed by atoms with E-state index in [9.17, 15) is 10.1 Å². The van der Waals surface area contributed by atoms with Crippen LogP contribution in [0, 0.1) is 17.0 Å². The summed E-state index contributed by atoms with van der Waals surface area (Å²) in [6.45, 7) is 3.92. The van der Waals surface area contributed by atoms with Crippen LogP contribution in [-0.2, 0) is 17.8 Å². The molecule has 5 rings (SSSR count). The number of rotatable bonds is 7. The van der Waals surface area contributed by atoms with Crippen molar-refractivity contribution in [3.63, 3.8) is 0 Å². The Balaban J connectivity index is 0.000000826. The lowest BCUT2D eigenvalue weighted by Gasteiger charge is -2.25. The van der Waals surface area contributed by atoms with E-state index in [2.05, 4.69) is 34.6 Å². The van der Waals surface area contributed by atoms with E-state index in [0.29, 0.717) is 11.3 Å². The number of H-pyrrole nitrogens is 1. The third-order valence-electron chi connectivity index (χ3n) is 6.56. The molecule has 10 nitrogen and oxygen atoms in total. The number of aliphatic carboxylic acids is 1. The second-order valence-electron chi connectivity index (χ2n) is 9.15. The van der Waals surface area contributed by atoms with Crippen LogP contribution < -0.4 is 19.5 Å². The summed E-state index contributed by atoms with van der Waals surface area (Å²) in [4.78, 5) is 23.3. The number of fused-ring (bicyclic) bond motifs is 3. The number of ether oxygens (including phenoxy) is 3. The number of aromatic nitrogens is 1. The Labute approximate surface area is 225 Å². The first-order valence-corrected chi connectivity index (χ1v) is 12.4. The van der Waals surface area contributed by atoms with Gasteiger partial charge in [-0.15, -0.1) is 0 Å². The summed E-state index contributed by atoms with van der Waals surface area (Å²) >= 11 is 0. The average Bonchev–Trinajstić information content (AvgIpc) is 3.29. The number of nitro groups is 1. The highest BCUT2D eigenvalue weighted by atomic mass is 16.6. The lowest BCUT2D eigenvalue weighted by atomic mass is 9.93. The molecule has 10 heteroatoms. The predicted molar refractivity (Wildman–Crippen MR) is 147 cm³/mol. The van der Waals surface area contributed by atoms with Crippen LogP contribution in [-0.4, -0.2) is 41.7 Å². The van der Waals surface area contributed by atoms with Gasteiger partial charge in [-0.05, 0) is 66.9 Å². The van der Waals surface area contributed by atoms with E-state index in [0.717, 1.165) is 53.7 Å². The zero-order valence-corrected chi connectivity index (χ0v) is 22.2. The number of carbonyl (C=O) groups is 1. The average molecular weight is 534 g/mol. The number of hydrogen-bond acceptors (Lipinski definition) is 7. The van der Waals surface area contributed by atoms with Crippen LogP contribution >= 0.6 is 0 Å². The van der Waals surface area contributed by atoms with Gasteiger partial charge in [-0.2, -0.15) is 0 Å². The molecule has 204 valence electrons. The molecular formula is C29H31N3O7. The number of nitrogens with one attached hydrogen (secondary N) is 2. The number of carboxylic acids is 1. The van der Waals surface area contributed by atoms with Crippen molar-refractivity contribution in [2.45, 2.75) is 32.9 Å². The van der Waals surface area contributed by atoms with Crippen LogP contribution in [0.2, 0.25) is 0 Å². The van der Waals surface area contributed by atoms with Gasteiger partial charge < -0.3 is 29.6 Å². The van der Waals surface area contributed by atoms with E-state index in [4.69, 9.17) is 24.1 Å². The highest BCUT2D eigenvalue weighted by Crippen LogP contribution is 2.36. The Hall–Kier alpha value is -4.57. The maximum absolute atomic E-state index is 11.1. The topological polar surface area (TPSA) is 136 Å². The number of nitrogens with zero attached hydrogens (tertiary/aromatic N) is 1. The standard InChI is InChI=1S/C27H27N3O5.C2H4O2/c1-16-12-20(6-8-24(16)30(31)32)35-15-18-13-17(4-9-25(18)34-3)26-27-21(10-11-28-26)22-14-19(33-2)5-7-23(22)29-27;1-2(3)4/h4-9,12-14,26,28-29H,10-11,15H2,1-3H3;1H3,(H,3,4). The Bertz CT molecular complexity index is 1510. The van der Waals surface area contributed by atoms with Gasteiger partial charge in [0.15, 0.2) is 0 Å². The van der Waals surface area contributed by atoms with E-state index in [1.165, 1.54) is 17.0 Å². The molecule has 0 amide bonds. The summed E-state index contributed by atoms with van der Waals surface area (Å²) in [5.74, 6) is 1.31. The number of methoxy groups -OCH3 is 2. The Morgan fingerprint density at radius 3 is 2.49 bits per heavy atom. The molecule has 0 saturated heterocycles. The van der Waals surface area contributed by atoms with Gasteiger partial charge >= 0.3 is 0 Å². The number of hydrogen-bond donors (Lipinski definition) is 3. The van der Waals surface area contributed by atoms with Gasteiger partial charge in [-0.3, -0.25) is 14.9 Å². The van der Waals surface area contributed by atoms with Gasteiger partial charge in [0.1, 0.15) is 23.9 Å². The number of aromatic amines is 1. The second kappa shape index (κ2) is 11.9. The van der Waals surface area contributed by atoms with Gasteiger partial charge in [-0.1, -0.05) is 6.07 Å². The molecule has 1 atom stereocenters. The third kappa shape index (κ3) is 6.12. The molecule has 2 heterocycles. The summed E-state index contributed by atoms with van der Waals surface area (Å²) in [5, 5.41) is 23.3. The van der Waals surface area contributed by atoms with Crippen molar-refractivity contribution >= 4 is 22.6 Å². The third-order valence-corrected chi connectivity index (χ3v) is 6.56. The molecule has 3 aromatic carbocycles. The minimum absolute atomic E-state index is 0.00317. The first-order chi connectivity index (χ1) is 18.7. The first-order valence-electron chi connectivity index (χ1n) is 12.4. The van der Waals surface area contributed by atoms with Gasteiger partial charge in [0.2, 0.25) is 0 Å². The zero-order valence-electron chi connectivity index (χ0n) is 22.2. The Morgan fingerprint density at radius 2 is 1.82 bits per heavy atom. The molecule has 1 unspecified atom stereocenters. The fraction of sp³-hybridized carbons (Fsp3) is 0.276. The summed E-state index contributed by atoms with van der Waals surface area (Å²) in [7, 11) is 3.32. The van der Waals surface area contributed by atoms with Crippen LogP contribution in [0.15, 0.2) is 54.6 Å². The fourth-order valence-corrected chi connectivity index (χ4v) is 4.79. The first kappa shape index (κ1) is 27.5. The molecule has 1 aromatic heterocycles. The van der Waals surface area contributed by atoms with E-state index in [1.54, 1.807) is 33.3 Å².